The summed E-state index contributed by atoms with van der Waals surface area (Å²) in [7, 11) is -2.00. The molecule has 0 radical (unpaired) electrons. The second kappa shape index (κ2) is 8.42. The number of nitrogens with one attached hydrogen (secondary N) is 1. The van der Waals surface area contributed by atoms with Gasteiger partial charge in [0.05, 0.1) is 9.82 Å². The van der Waals surface area contributed by atoms with Gasteiger partial charge in [0.25, 0.3) is 15.7 Å². The minimum atomic E-state index is -3.82. The second-order valence-corrected chi connectivity index (χ2v) is 9.13. The quantitative estimate of drug-likeness (QED) is 0.450. The number of nitro benzene ring substituents is 1. The third kappa shape index (κ3) is 4.47. The van der Waals surface area contributed by atoms with Crippen LogP contribution in [0.2, 0.25) is 0 Å². The van der Waals surface area contributed by atoms with Gasteiger partial charge in [0.1, 0.15) is 12.4 Å². The molecule has 1 aliphatic heterocycles. The normalized spacial score (nSPS) is 15.4. The summed E-state index contributed by atoms with van der Waals surface area (Å²) in [6, 6.07) is 12.0. The van der Waals surface area contributed by atoms with E-state index in [9.17, 15) is 23.3 Å². The number of amides is 1. The van der Waals surface area contributed by atoms with E-state index in [1.54, 1.807) is 22.9 Å². The fraction of sp³-hybridized carbons (Fsp3) is 0.238. The number of fused-ring (bicyclic) bond motifs is 1. The van der Waals surface area contributed by atoms with Crippen LogP contribution < -0.4 is 5.32 Å². The van der Waals surface area contributed by atoms with Crippen molar-refractivity contribution in [1.82, 2.24) is 9.47 Å². The van der Waals surface area contributed by atoms with Gasteiger partial charge in [0.15, 0.2) is 0 Å². The van der Waals surface area contributed by atoms with E-state index < -0.39 is 14.9 Å². The van der Waals surface area contributed by atoms with Gasteiger partial charge in [-0.15, -0.1) is 4.40 Å². The molecule has 0 atom stereocenters. The fourth-order valence-corrected chi connectivity index (χ4v) is 4.70. The van der Waals surface area contributed by atoms with Gasteiger partial charge in [-0.25, -0.2) is 0 Å². The van der Waals surface area contributed by atoms with Crippen molar-refractivity contribution in [2.75, 3.05) is 18.9 Å². The van der Waals surface area contributed by atoms with Crippen molar-refractivity contribution in [2.45, 2.75) is 24.3 Å². The van der Waals surface area contributed by atoms with E-state index >= 15 is 0 Å². The van der Waals surface area contributed by atoms with Crippen molar-refractivity contribution in [3.8, 4) is 0 Å². The van der Waals surface area contributed by atoms with Gasteiger partial charge in [-0.05, 0) is 42.8 Å². The molecule has 166 valence electrons. The van der Waals surface area contributed by atoms with E-state index in [0.717, 1.165) is 13.0 Å². The molecule has 0 bridgehead atoms. The number of rotatable bonds is 6. The number of sulfonamides is 1. The number of nitro groups is 1. The minimum Gasteiger partial charge on any atom is -0.362 e. The molecule has 0 saturated carbocycles. The highest BCUT2D eigenvalue weighted by Gasteiger charge is 2.20. The molecule has 4 rings (SSSR count). The SMILES string of the molecule is CN1CCC/C1=N\S(=O)(=O)c1ccc(NC(=O)Cn2ccc3cc([N+](=O)[O-])ccc32)cc1. The molecule has 1 aliphatic rings. The molecule has 1 fully saturated rings. The zero-order valence-electron chi connectivity index (χ0n) is 17.3. The summed E-state index contributed by atoms with van der Waals surface area (Å²) < 4.78 is 30.7. The summed E-state index contributed by atoms with van der Waals surface area (Å²) in [6.45, 7) is 0.786. The number of anilines is 1. The van der Waals surface area contributed by atoms with Crippen molar-refractivity contribution in [3.63, 3.8) is 0 Å². The summed E-state index contributed by atoms with van der Waals surface area (Å²) in [5.41, 5.74) is 1.13. The first-order valence-corrected chi connectivity index (χ1v) is 11.4. The first-order valence-electron chi connectivity index (χ1n) is 9.91. The molecule has 3 aromatic rings. The first-order chi connectivity index (χ1) is 15.2. The Labute approximate surface area is 184 Å². The number of likely N-dealkylation sites (tertiary alicyclic amines) is 1. The highest BCUT2D eigenvalue weighted by molar-refractivity contribution is 7.90. The van der Waals surface area contributed by atoms with Crippen LogP contribution in [0.15, 0.2) is 64.0 Å². The topological polar surface area (TPSA) is 127 Å². The Morgan fingerprint density at radius 2 is 1.94 bits per heavy atom. The molecule has 0 unspecified atom stereocenters. The number of nitrogens with zero attached hydrogens (tertiary/aromatic N) is 4. The highest BCUT2D eigenvalue weighted by Crippen LogP contribution is 2.22. The van der Waals surface area contributed by atoms with Crippen molar-refractivity contribution >= 4 is 44.0 Å². The van der Waals surface area contributed by atoms with E-state index in [0.29, 0.717) is 28.8 Å². The van der Waals surface area contributed by atoms with Gasteiger partial charge < -0.3 is 14.8 Å². The van der Waals surface area contributed by atoms with Crippen LogP contribution in [0.5, 0.6) is 0 Å². The predicted molar refractivity (Wildman–Crippen MR) is 120 cm³/mol. The van der Waals surface area contributed by atoms with Gasteiger partial charge in [-0.2, -0.15) is 8.42 Å². The lowest BCUT2D eigenvalue weighted by Crippen LogP contribution is -2.20. The molecule has 11 heteroatoms. The zero-order valence-corrected chi connectivity index (χ0v) is 18.1. The Bertz CT molecular complexity index is 1330. The lowest BCUT2D eigenvalue weighted by Gasteiger charge is -2.11. The number of non-ortho nitro benzene ring substituents is 1. The first kappa shape index (κ1) is 21.5. The van der Waals surface area contributed by atoms with Gasteiger partial charge in [-0.1, -0.05) is 0 Å². The monoisotopic (exact) mass is 455 g/mol. The number of carbonyl (C=O) groups excluding carboxylic acids is 1. The molecular formula is C21H21N5O5S. The number of carbonyl (C=O) groups is 1. The van der Waals surface area contributed by atoms with Crippen LogP contribution in [-0.4, -0.2) is 48.1 Å². The average molecular weight is 455 g/mol. The number of aromatic nitrogens is 1. The predicted octanol–water partition coefficient (Wildman–Crippen LogP) is 3.00. The number of hydrogen-bond acceptors (Lipinski definition) is 5. The molecule has 2 aromatic carbocycles. The molecule has 0 spiro atoms. The molecule has 32 heavy (non-hydrogen) atoms. The number of hydrogen-bond donors (Lipinski definition) is 1. The Hall–Kier alpha value is -3.73. The van der Waals surface area contributed by atoms with Crippen molar-refractivity contribution in [1.29, 1.82) is 0 Å². The molecule has 10 nitrogen and oxygen atoms in total. The molecule has 1 amide bonds. The van der Waals surface area contributed by atoms with E-state index in [-0.39, 0.29) is 23.0 Å². The van der Waals surface area contributed by atoms with Crippen LogP contribution in [0.3, 0.4) is 0 Å². The van der Waals surface area contributed by atoms with E-state index in [4.69, 9.17) is 0 Å². The molecule has 0 aliphatic carbocycles. The number of benzene rings is 2. The lowest BCUT2D eigenvalue weighted by atomic mass is 10.2. The van der Waals surface area contributed by atoms with Crippen LogP contribution in [0.1, 0.15) is 12.8 Å². The maximum absolute atomic E-state index is 12.5. The van der Waals surface area contributed by atoms with Gasteiger partial charge in [0.2, 0.25) is 5.91 Å². The summed E-state index contributed by atoms with van der Waals surface area (Å²) in [5.74, 6) is 0.232. The average Bonchev–Trinajstić information content (AvgIpc) is 3.33. The van der Waals surface area contributed by atoms with Crippen molar-refractivity contribution < 1.29 is 18.1 Å². The Balaban J connectivity index is 1.44. The van der Waals surface area contributed by atoms with Gasteiger partial charge in [-0.3, -0.25) is 14.9 Å². The van der Waals surface area contributed by atoms with E-state index in [1.807, 2.05) is 11.9 Å². The fourth-order valence-electron chi connectivity index (χ4n) is 3.61. The summed E-state index contributed by atoms with van der Waals surface area (Å²) in [4.78, 5) is 24.8. The Kier molecular flexibility index (Phi) is 5.66. The van der Waals surface area contributed by atoms with Gasteiger partial charge in [0, 0.05) is 54.9 Å². The lowest BCUT2D eigenvalue weighted by molar-refractivity contribution is -0.384. The van der Waals surface area contributed by atoms with Crippen LogP contribution in [0.25, 0.3) is 10.9 Å². The molecule has 1 saturated heterocycles. The minimum absolute atomic E-state index is 0.00134. The Morgan fingerprint density at radius 3 is 2.59 bits per heavy atom. The molecule has 1 N–H and O–H groups in total. The Morgan fingerprint density at radius 1 is 1.19 bits per heavy atom. The van der Waals surface area contributed by atoms with Gasteiger partial charge >= 0.3 is 0 Å². The molecule has 2 heterocycles. The van der Waals surface area contributed by atoms with Crippen LogP contribution in [-0.2, 0) is 21.4 Å². The standard InChI is InChI=1S/C21H21N5O5S/c1-24-11-2-3-20(24)23-32(30,31)18-7-4-16(5-8-18)22-21(27)14-25-12-10-15-13-17(26(28)29)6-9-19(15)25/h4-10,12-13H,2-3,11,14H2,1H3,(H,22,27)/b23-20+. The van der Waals surface area contributed by atoms with Crippen LogP contribution in [0.4, 0.5) is 11.4 Å². The highest BCUT2D eigenvalue weighted by atomic mass is 32.2. The van der Waals surface area contributed by atoms with Crippen LogP contribution >= 0.6 is 0 Å². The summed E-state index contributed by atoms with van der Waals surface area (Å²) in [5, 5.41) is 14.3. The largest absolute Gasteiger partial charge is 0.362 e. The van der Waals surface area contributed by atoms with Crippen LogP contribution in [0, 0.1) is 10.1 Å². The maximum Gasteiger partial charge on any atom is 0.283 e. The third-order valence-corrected chi connectivity index (χ3v) is 6.59. The number of amidine groups is 1. The third-order valence-electron chi connectivity index (χ3n) is 5.28. The van der Waals surface area contributed by atoms with E-state index in [1.165, 1.54) is 36.4 Å². The zero-order chi connectivity index (χ0) is 22.9. The van der Waals surface area contributed by atoms with Crippen molar-refractivity contribution in [2.24, 2.45) is 4.40 Å². The summed E-state index contributed by atoms with van der Waals surface area (Å²) in [6.07, 6.45) is 3.19. The second-order valence-electron chi connectivity index (χ2n) is 7.52. The van der Waals surface area contributed by atoms with E-state index in [2.05, 4.69) is 9.71 Å². The molecule has 1 aromatic heterocycles. The van der Waals surface area contributed by atoms with Crippen molar-refractivity contribution in [3.05, 3.63) is 64.8 Å². The smallest absolute Gasteiger partial charge is 0.283 e. The molecular weight excluding hydrogens is 434 g/mol. The summed E-state index contributed by atoms with van der Waals surface area (Å²) >= 11 is 0. The maximum atomic E-state index is 12.5.